The van der Waals surface area contributed by atoms with Gasteiger partial charge >= 0.3 is 0 Å². The van der Waals surface area contributed by atoms with E-state index in [0.717, 1.165) is 11.1 Å². The minimum Gasteiger partial charge on any atom is -0.312 e. The van der Waals surface area contributed by atoms with Crippen LogP contribution in [0.1, 0.15) is 22.9 Å². The predicted molar refractivity (Wildman–Crippen MR) is 47.0 cm³/mol. The quantitative estimate of drug-likeness (QED) is 0.597. The summed E-state index contributed by atoms with van der Waals surface area (Å²) < 4.78 is 0. The number of nitrogens with zero attached hydrogens (tertiary/aromatic N) is 1. The molecule has 1 aromatic carbocycles. The van der Waals surface area contributed by atoms with Crippen molar-refractivity contribution in [2.75, 3.05) is 0 Å². The van der Waals surface area contributed by atoms with Crippen LogP contribution >= 0.6 is 0 Å². The van der Waals surface area contributed by atoms with Crippen LogP contribution in [0.2, 0.25) is 0 Å². The van der Waals surface area contributed by atoms with Gasteiger partial charge < -0.3 is 11.5 Å². The fraction of sp³-hybridized carbons (Fsp3) is 0.222. The zero-order valence-electron chi connectivity index (χ0n) is 6.91. The maximum absolute atomic E-state index is 8.69. The lowest BCUT2D eigenvalue weighted by molar-refractivity contribution is 0.766. The lowest BCUT2D eigenvalue weighted by atomic mass is 10.0. The fourth-order valence-corrected chi connectivity index (χ4v) is 1.14. The molecule has 0 fully saturated rings. The maximum atomic E-state index is 8.69. The SMILES string of the molecule is Cc1c(C#N)cccc1C(N)N. The number of rotatable bonds is 1. The van der Waals surface area contributed by atoms with Gasteiger partial charge in [0, 0.05) is 0 Å². The molecule has 3 nitrogen and oxygen atoms in total. The zero-order valence-corrected chi connectivity index (χ0v) is 6.91. The summed E-state index contributed by atoms with van der Waals surface area (Å²) in [5, 5.41) is 8.69. The normalized spacial score (nSPS) is 9.92. The summed E-state index contributed by atoms with van der Waals surface area (Å²) >= 11 is 0. The van der Waals surface area contributed by atoms with Crippen molar-refractivity contribution in [3.8, 4) is 6.07 Å². The van der Waals surface area contributed by atoms with Crippen molar-refractivity contribution in [2.24, 2.45) is 11.5 Å². The van der Waals surface area contributed by atoms with Crippen LogP contribution < -0.4 is 11.5 Å². The first-order chi connectivity index (χ1) is 5.66. The summed E-state index contributed by atoms with van der Waals surface area (Å²) in [5.74, 6) is 0. The molecule has 0 bridgehead atoms. The monoisotopic (exact) mass is 161 g/mol. The first kappa shape index (κ1) is 8.72. The summed E-state index contributed by atoms with van der Waals surface area (Å²) in [5.41, 5.74) is 13.3. The molecule has 0 saturated heterocycles. The molecule has 62 valence electrons. The Morgan fingerprint density at radius 2 is 2.08 bits per heavy atom. The molecule has 0 saturated carbocycles. The summed E-state index contributed by atoms with van der Waals surface area (Å²) in [6.07, 6.45) is -0.502. The Morgan fingerprint density at radius 3 is 2.58 bits per heavy atom. The second-order valence-corrected chi connectivity index (χ2v) is 2.66. The van der Waals surface area contributed by atoms with E-state index in [0.29, 0.717) is 5.56 Å². The lowest BCUT2D eigenvalue weighted by Crippen LogP contribution is -2.21. The van der Waals surface area contributed by atoms with E-state index in [1.54, 1.807) is 12.1 Å². The molecule has 0 aliphatic carbocycles. The van der Waals surface area contributed by atoms with Crippen LogP contribution in [0.4, 0.5) is 0 Å². The van der Waals surface area contributed by atoms with Crippen LogP contribution in [0.5, 0.6) is 0 Å². The topological polar surface area (TPSA) is 75.8 Å². The summed E-state index contributed by atoms with van der Waals surface area (Å²) in [7, 11) is 0. The molecule has 0 aromatic heterocycles. The molecular formula is C9H11N3. The molecule has 3 heteroatoms. The van der Waals surface area contributed by atoms with Crippen LogP contribution in [0.25, 0.3) is 0 Å². The number of benzene rings is 1. The van der Waals surface area contributed by atoms with Crippen molar-refractivity contribution in [1.29, 1.82) is 5.26 Å². The Morgan fingerprint density at radius 1 is 1.42 bits per heavy atom. The Balaban J connectivity index is 3.25. The molecule has 0 heterocycles. The first-order valence-electron chi connectivity index (χ1n) is 3.67. The maximum Gasteiger partial charge on any atom is 0.0994 e. The second kappa shape index (κ2) is 3.35. The molecule has 0 aliphatic heterocycles. The van der Waals surface area contributed by atoms with Gasteiger partial charge in [0.2, 0.25) is 0 Å². The highest BCUT2D eigenvalue weighted by Gasteiger charge is 2.06. The molecule has 1 aromatic rings. The van der Waals surface area contributed by atoms with Crippen molar-refractivity contribution in [3.63, 3.8) is 0 Å². The summed E-state index contributed by atoms with van der Waals surface area (Å²) in [6.45, 7) is 1.85. The van der Waals surface area contributed by atoms with Crippen LogP contribution in [-0.2, 0) is 0 Å². The van der Waals surface area contributed by atoms with Gasteiger partial charge in [-0.1, -0.05) is 12.1 Å². The Labute approximate surface area is 71.6 Å². The average molecular weight is 161 g/mol. The van der Waals surface area contributed by atoms with Gasteiger partial charge in [-0.15, -0.1) is 0 Å². The van der Waals surface area contributed by atoms with Gasteiger partial charge in [0.25, 0.3) is 0 Å². The third-order valence-corrected chi connectivity index (χ3v) is 1.86. The van der Waals surface area contributed by atoms with Crippen molar-refractivity contribution in [1.82, 2.24) is 0 Å². The smallest absolute Gasteiger partial charge is 0.0994 e. The molecule has 0 atom stereocenters. The first-order valence-corrected chi connectivity index (χ1v) is 3.67. The molecule has 0 unspecified atom stereocenters. The van der Waals surface area contributed by atoms with Gasteiger partial charge in [0.1, 0.15) is 0 Å². The Hall–Kier alpha value is -1.37. The minimum absolute atomic E-state index is 0.502. The molecule has 0 radical (unpaired) electrons. The van der Waals surface area contributed by atoms with Crippen LogP contribution in [-0.4, -0.2) is 0 Å². The highest BCUT2D eigenvalue weighted by molar-refractivity contribution is 5.42. The standard InChI is InChI=1S/C9H11N3/c1-6-7(5-10)3-2-4-8(6)9(11)12/h2-4,9H,11-12H2,1H3. The van der Waals surface area contributed by atoms with Gasteiger partial charge in [-0.05, 0) is 24.1 Å². The van der Waals surface area contributed by atoms with Gasteiger partial charge in [-0.3, -0.25) is 0 Å². The Kier molecular flexibility index (Phi) is 2.44. The summed E-state index contributed by atoms with van der Waals surface area (Å²) in [4.78, 5) is 0. The van der Waals surface area contributed by atoms with E-state index < -0.39 is 6.17 Å². The van der Waals surface area contributed by atoms with E-state index in [1.165, 1.54) is 0 Å². The van der Waals surface area contributed by atoms with Gasteiger partial charge in [0.05, 0.1) is 17.8 Å². The molecular weight excluding hydrogens is 150 g/mol. The molecule has 0 amide bonds. The molecule has 0 aliphatic rings. The van der Waals surface area contributed by atoms with Gasteiger partial charge in [-0.2, -0.15) is 5.26 Å². The Bertz CT molecular complexity index is 323. The van der Waals surface area contributed by atoms with E-state index in [4.69, 9.17) is 16.7 Å². The highest BCUT2D eigenvalue weighted by atomic mass is 14.8. The minimum atomic E-state index is -0.502. The van der Waals surface area contributed by atoms with E-state index in [-0.39, 0.29) is 0 Å². The summed E-state index contributed by atoms with van der Waals surface area (Å²) in [6, 6.07) is 7.45. The predicted octanol–water partition coefficient (Wildman–Crippen LogP) is 0.783. The van der Waals surface area contributed by atoms with E-state index in [9.17, 15) is 0 Å². The molecule has 1 rings (SSSR count). The number of hydrogen-bond donors (Lipinski definition) is 2. The average Bonchev–Trinajstić information content (AvgIpc) is 2.04. The van der Waals surface area contributed by atoms with Crippen LogP contribution in [0.15, 0.2) is 18.2 Å². The van der Waals surface area contributed by atoms with E-state index >= 15 is 0 Å². The van der Waals surface area contributed by atoms with Crippen molar-refractivity contribution < 1.29 is 0 Å². The third-order valence-electron chi connectivity index (χ3n) is 1.86. The second-order valence-electron chi connectivity index (χ2n) is 2.66. The van der Waals surface area contributed by atoms with Crippen molar-refractivity contribution >= 4 is 0 Å². The molecule has 12 heavy (non-hydrogen) atoms. The molecule has 4 N–H and O–H groups in total. The number of hydrogen-bond acceptors (Lipinski definition) is 3. The third kappa shape index (κ3) is 1.45. The largest absolute Gasteiger partial charge is 0.312 e. The zero-order chi connectivity index (χ0) is 9.14. The van der Waals surface area contributed by atoms with Crippen molar-refractivity contribution in [3.05, 3.63) is 34.9 Å². The number of nitriles is 1. The molecule has 0 spiro atoms. The highest BCUT2D eigenvalue weighted by Crippen LogP contribution is 2.15. The van der Waals surface area contributed by atoms with Gasteiger partial charge in [0.15, 0.2) is 0 Å². The lowest BCUT2D eigenvalue weighted by Gasteiger charge is -2.09. The van der Waals surface area contributed by atoms with E-state index in [2.05, 4.69) is 6.07 Å². The van der Waals surface area contributed by atoms with Crippen molar-refractivity contribution in [2.45, 2.75) is 13.1 Å². The fourth-order valence-electron chi connectivity index (χ4n) is 1.14. The van der Waals surface area contributed by atoms with Crippen LogP contribution in [0, 0.1) is 18.3 Å². The van der Waals surface area contributed by atoms with Gasteiger partial charge in [-0.25, -0.2) is 0 Å². The number of nitrogens with two attached hydrogens (primary N) is 2. The van der Waals surface area contributed by atoms with Crippen LogP contribution in [0.3, 0.4) is 0 Å². The van der Waals surface area contributed by atoms with E-state index in [1.807, 2.05) is 13.0 Å².